The van der Waals surface area contributed by atoms with Crippen molar-refractivity contribution in [1.82, 2.24) is 0 Å². The first-order valence-corrected chi connectivity index (χ1v) is 6.35. The predicted octanol–water partition coefficient (Wildman–Crippen LogP) is 2.94. The molecule has 2 rings (SSSR count). The molecule has 18 heavy (non-hydrogen) atoms. The monoisotopic (exact) mass is 260 g/mol. The van der Waals surface area contributed by atoms with Gasteiger partial charge in [0.05, 0.1) is 12.7 Å². The summed E-state index contributed by atoms with van der Waals surface area (Å²) in [6, 6.07) is 9.32. The molecule has 0 aliphatic carbocycles. The maximum atomic E-state index is 11.7. The summed E-state index contributed by atoms with van der Waals surface area (Å²) in [5, 5.41) is 9.32. The molecule has 0 spiro atoms. The van der Waals surface area contributed by atoms with Crippen LogP contribution in [0.25, 0.3) is 10.1 Å². The Morgan fingerprint density at radius 1 is 1.44 bits per heavy atom. The van der Waals surface area contributed by atoms with E-state index in [-0.39, 0.29) is 12.6 Å². The van der Waals surface area contributed by atoms with Crippen molar-refractivity contribution in [3.63, 3.8) is 0 Å². The van der Waals surface area contributed by atoms with E-state index in [9.17, 15) is 4.79 Å². The number of nitriles is 1. The highest BCUT2D eigenvalue weighted by Gasteiger charge is 2.11. The molecule has 0 fully saturated rings. The molecule has 5 heteroatoms. The van der Waals surface area contributed by atoms with E-state index in [4.69, 9.17) is 15.7 Å². The zero-order valence-electron chi connectivity index (χ0n) is 9.68. The lowest BCUT2D eigenvalue weighted by Gasteiger charge is -1.99. The highest BCUT2D eigenvalue weighted by molar-refractivity contribution is 7.20. The summed E-state index contributed by atoms with van der Waals surface area (Å²) in [6.07, 6.45) is 0.969. The van der Waals surface area contributed by atoms with Gasteiger partial charge in [0.15, 0.2) is 0 Å². The Kier molecular flexibility index (Phi) is 3.80. The van der Waals surface area contributed by atoms with Crippen molar-refractivity contribution in [3.8, 4) is 6.07 Å². The number of hydrogen-bond acceptors (Lipinski definition) is 5. The molecule has 1 heterocycles. The van der Waals surface area contributed by atoms with Crippen molar-refractivity contribution in [2.75, 3.05) is 12.3 Å². The van der Waals surface area contributed by atoms with E-state index in [2.05, 4.69) is 0 Å². The Morgan fingerprint density at radius 2 is 2.28 bits per heavy atom. The van der Waals surface area contributed by atoms with Gasteiger partial charge in [-0.05, 0) is 36.1 Å². The zero-order chi connectivity index (χ0) is 13.0. The molecule has 0 bridgehead atoms. The molecule has 2 aromatic rings. The minimum atomic E-state index is -0.340. The number of nitrogens with two attached hydrogens (primary N) is 1. The van der Waals surface area contributed by atoms with Crippen molar-refractivity contribution < 1.29 is 9.53 Å². The third-order valence-corrected chi connectivity index (χ3v) is 3.50. The second-order valence-corrected chi connectivity index (χ2v) is 4.89. The van der Waals surface area contributed by atoms with Gasteiger partial charge in [0, 0.05) is 16.8 Å². The number of fused-ring (bicyclic) bond motifs is 1. The zero-order valence-corrected chi connectivity index (χ0v) is 10.5. The Bertz CT molecular complexity index is 613. The molecular weight excluding hydrogens is 248 g/mol. The van der Waals surface area contributed by atoms with Gasteiger partial charge in [0.2, 0.25) is 0 Å². The van der Waals surface area contributed by atoms with E-state index < -0.39 is 0 Å². The van der Waals surface area contributed by atoms with Crippen LogP contribution in [-0.2, 0) is 4.74 Å². The van der Waals surface area contributed by atoms with Crippen molar-refractivity contribution in [1.29, 1.82) is 5.26 Å². The fourth-order valence-corrected chi connectivity index (χ4v) is 2.49. The van der Waals surface area contributed by atoms with Gasteiger partial charge in [0.25, 0.3) is 0 Å². The first kappa shape index (κ1) is 12.4. The number of nitrogens with zero attached hydrogens (tertiary/aromatic N) is 1. The third kappa shape index (κ3) is 2.79. The molecule has 0 aliphatic heterocycles. The third-order valence-electron chi connectivity index (χ3n) is 2.41. The molecule has 0 saturated carbocycles. The summed E-state index contributed by atoms with van der Waals surface area (Å²) >= 11 is 1.38. The number of esters is 1. The van der Waals surface area contributed by atoms with Crippen LogP contribution in [0.15, 0.2) is 24.3 Å². The number of ether oxygens (including phenoxy) is 1. The topological polar surface area (TPSA) is 76.1 Å². The summed E-state index contributed by atoms with van der Waals surface area (Å²) < 4.78 is 6.09. The van der Waals surface area contributed by atoms with Gasteiger partial charge in [-0.3, -0.25) is 0 Å². The molecule has 0 unspecified atom stereocenters. The number of carbonyl (C=O) groups excluding carboxylic acids is 1. The largest absolute Gasteiger partial charge is 0.461 e. The van der Waals surface area contributed by atoms with Crippen LogP contribution in [0.2, 0.25) is 0 Å². The molecular formula is C13H12N2O2S. The summed E-state index contributed by atoms with van der Waals surface area (Å²) in [7, 11) is 0. The van der Waals surface area contributed by atoms with E-state index in [1.807, 2.05) is 18.2 Å². The number of nitrogen functional groups attached to an aromatic ring is 1. The minimum Gasteiger partial charge on any atom is -0.461 e. The van der Waals surface area contributed by atoms with Crippen molar-refractivity contribution in [2.45, 2.75) is 12.8 Å². The first-order valence-electron chi connectivity index (χ1n) is 5.54. The quantitative estimate of drug-likeness (QED) is 0.521. The average Bonchev–Trinajstić information content (AvgIpc) is 2.77. The lowest BCUT2D eigenvalue weighted by atomic mass is 10.2. The van der Waals surface area contributed by atoms with Crippen molar-refractivity contribution in [3.05, 3.63) is 29.1 Å². The van der Waals surface area contributed by atoms with Crippen LogP contribution in [0, 0.1) is 11.3 Å². The second-order valence-electron chi connectivity index (χ2n) is 3.81. The minimum absolute atomic E-state index is 0.281. The summed E-state index contributed by atoms with van der Waals surface area (Å²) in [5.41, 5.74) is 6.36. The molecule has 1 aromatic carbocycles. The Balaban J connectivity index is 2.07. The summed E-state index contributed by atoms with van der Waals surface area (Å²) in [5.74, 6) is -0.340. The van der Waals surface area contributed by atoms with Crippen LogP contribution in [0.1, 0.15) is 22.5 Å². The number of thiophene rings is 1. The lowest BCUT2D eigenvalue weighted by Crippen LogP contribution is -2.04. The molecule has 2 N–H and O–H groups in total. The van der Waals surface area contributed by atoms with Gasteiger partial charge in [-0.15, -0.1) is 11.3 Å². The van der Waals surface area contributed by atoms with Crippen molar-refractivity contribution in [2.24, 2.45) is 0 Å². The van der Waals surface area contributed by atoms with Gasteiger partial charge in [-0.1, -0.05) is 0 Å². The molecule has 1 aromatic heterocycles. The number of benzene rings is 1. The van der Waals surface area contributed by atoms with Gasteiger partial charge >= 0.3 is 5.97 Å². The number of carbonyl (C=O) groups is 1. The maximum absolute atomic E-state index is 11.7. The molecule has 0 amide bonds. The Labute approximate surface area is 109 Å². The number of hydrogen-bond donors (Lipinski definition) is 1. The summed E-state index contributed by atoms with van der Waals surface area (Å²) in [6.45, 7) is 0.281. The van der Waals surface area contributed by atoms with Crippen LogP contribution < -0.4 is 5.73 Å². The van der Waals surface area contributed by atoms with Crippen LogP contribution in [0.5, 0.6) is 0 Å². The second kappa shape index (κ2) is 5.52. The molecule has 0 saturated heterocycles. The molecule has 92 valence electrons. The predicted molar refractivity (Wildman–Crippen MR) is 71.4 cm³/mol. The Hall–Kier alpha value is -2.06. The van der Waals surface area contributed by atoms with Crippen LogP contribution >= 0.6 is 11.3 Å². The number of anilines is 1. The van der Waals surface area contributed by atoms with Crippen LogP contribution in [0.3, 0.4) is 0 Å². The smallest absolute Gasteiger partial charge is 0.348 e. The fourth-order valence-electron chi connectivity index (χ4n) is 1.55. The first-order chi connectivity index (χ1) is 8.70. The number of rotatable bonds is 4. The van der Waals surface area contributed by atoms with E-state index in [1.165, 1.54) is 11.3 Å². The lowest BCUT2D eigenvalue weighted by molar-refractivity contribution is 0.0507. The highest BCUT2D eigenvalue weighted by Crippen LogP contribution is 2.27. The van der Waals surface area contributed by atoms with Crippen LogP contribution in [-0.4, -0.2) is 12.6 Å². The fraction of sp³-hybridized carbons (Fsp3) is 0.231. The maximum Gasteiger partial charge on any atom is 0.348 e. The normalized spacial score (nSPS) is 10.2. The Morgan fingerprint density at radius 3 is 3.06 bits per heavy atom. The van der Waals surface area contributed by atoms with E-state index >= 15 is 0 Å². The highest BCUT2D eigenvalue weighted by atomic mass is 32.1. The summed E-state index contributed by atoms with van der Waals surface area (Å²) in [4.78, 5) is 12.3. The van der Waals surface area contributed by atoms with Crippen molar-refractivity contribution >= 4 is 33.1 Å². The van der Waals surface area contributed by atoms with Gasteiger partial charge in [-0.2, -0.15) is 5.26 Å². The van der Waals surface area contributed by atoms with Gasteiger partial charge < -0.3 is 10.5 Å². The number of unbranched alkanes of at least 4 members (excludes halogenated alkanes) is 1. The molecule has 0 radical (unpaired) electrons. The average molecular weight is 260 g/mol. The standard InChI is InChI=1S/C13H12N2O2S/c14-5-1-2-6-17-13(16)12-8-9-7-10(15)3-4-11(9)18-12/h3-4,7-8H,1-2,6,15H2. The molecule has 0 aliphatic rings. The molecule has 0 atom stereocenters. The SMILES string of the molecule is N#CCCCOC(=O)c1cc2cc(N)ccc2s1. The van der Waals surface area contributed by atoms with Gasteiger partial charge in [-0.25, -0.2) is 4.79 Å². The van der Waals surface area contributed by atoms with Crippen LogP contribution in [0.4, 0.5) is 5.69 Å². The van der Waals surface area contributed by atoms with E-state index in [0.717, 1.165) is 10.1 Å². The van der Waals surface area contributed by atoms with E-state index in [0.29, 0.717) is 23.4 Å². The van der Waals surface area contributed by atoms with E-state index in [1.54, 1.807) is 12.1 Å². The van der Waals surface area contributed by atoms with Gasteiger partial charge in [0.1, 0.15) is 4.88 Å². The molecule has 4 nitrogen and oxygen atoms in total.